The number of halogens is 5. The number of benzene rings is 2. The molecule has 2 bridgehead atoms. The lowest BCUT2D eigenvalue weighted by Gasteiger charge is -2.31. The fourth-order valence-electron chi connectivity index (χ4n) is 4.25. The van der Waals surface area contributed by atoms with E-state index in [9.17, 15) is 22.4 Å². The standard InChI is InChI=1S/C22H22F5N3O2S/c1-29-6-7-32-18-5-3-2-4-14(18)15-10-13(23)8-12(19(15)25)9-17-20(28-33-21(26)27)16(24)11-30(17)22(29)31/h2-5,8,10,16-17,20-21,28H,6-7,9,11H2,1H3. The Kier molecular flexibility index (Phi) is 6.99. The lowest BCUT2D eigenvalue weighted by atomic mass is 9.95. The van der Waals surface area contributed by atoms with Gasteiger partial charge in [0.2, 0.25) is 0 Å². The molecule has 1 fully saturated rings. The van der Waals surface area contributed by atoms with Crippen LogP contribution in [0.15, 0.2) is 36.4 Å². The maximum Gasteiger partial charge on any atom is 0.320 e. The Hall–Kier alpha value is -2.53. The summed E-state index contributed by atoms with van der Waals surface area (Å²) in [6.07, 6.45) is -1.93. The van der Waals surface area contributed by atoms with Crippen LogP contribution in [0.25, 0.3) is 11.1 Å². The zero-order valence-corrected chi connectivity index (χ0v) is 18.4. The molecule has 2 amide bonds. The van der Waals surface area contributed by atoms with Crippen molar-refractivity contribution in [2.45, 2.75) is 30.4 Å². The Morgan fingerprint density at radius 2 is 1.94 bits per heavy atom. The van der Waals surface area contributed by atoms with Crippen molar-refractivity contribution in [3.63, 3.8) is 0 Å². The number of amides is 2. The van der Waals surface area contributed by atoms with Gasteiger partial charge in [-0.05, 0) is 42.1 Å². The fourth-order valence-corrected chi connectivity index (χ4v) is 4.81. The number of para-hydroxylation sites is 1. The number of carbonyl (C=O) groups is 1. The van der Waals surface area contributed by atoms with E-state index in [1.807, 2.05) is 0 Å². The minimum Gasteiger partial charge on any atom is -0.491 e. The highest BCUT2D eigenvalue weighted by molar-refractivity contribution is 7.97. The number of rotatable bonds is 3. The zero-order chi connectivity index (χ0) is 23.7. The second kappa shape index (κ2) is 9.76. The molecule has 4 rings (SSSR count). The van der Waals surface area contributed by atoms with E-state index in [1.165, 1.54) is 16.8 Å². The lowest BCUT2D eigenvalue weighted by Crippen LogP contribution is -2.50. The summed E-state index contributed by atoms with van der Waals surface area (Å²) in [5, 5.41) is 0. The van der Waals surface area contributed by atoms with E-state index >= 15 is 4.39 Å². The van der Waals surface area contributed by atoms with Crippen molar-refractivity contribution >= 4 is 18.0 Å². The molecule has 2 heterocycles. The average Bonchev–Trinajstić information content (AvgIpc) is 3.08. The van der Waals surface area contributed by atoms with Crippen molar-refractivity contribution in [2.75, 3.05) is 26.7 Å². The summed E-state index contributed by atoms with van der Waals surface area (Å²) in [7, 11) is 1.51. The summed E-state index contributed by atoms with van der Waals surface area (Å²) < 4.78 is 78.7. The summed E-state index contributed by atoms with van der Waals surface area (Å²) in [5.74, 6) is -3.95. The van der Waals surface area contributed by atoms with Crippen LogP contribution >= 0.6 is 11.9 Å². The number of alkyl halides is 3. The van der Waals surface area contributed by atoms with Gasteiger partial charge in [0.1, 0.15) is 30.2 Å². The van der Waals surface area contributed by atoms with Crippen LogP contribution in [0.5, 0.6) is 5.75 Å². The van der Waals surface area contributed by atoms with E-state index < -0.39 is 41.7 Å². The number of ether oxygens (including phenoxy) is 1. The third-order valence-electron chi connectivity index (χ3n) is 5.84. The van der Waals surface area contributed by atoms with Gasteiger partial charge in [-0.1, -0.05) is 18.2 Å². The van der Waals surface area contributed by atoms with E-state index in [0.717, 1.165) is 12.1 Å². The molecule has 178 valence electrons. The Morgan fingerprint density at radius 1 is 1.18 bits per heavy atom. The Labute approximate surface area is 192 Å². The Balaban J connectivity index is 1.81. The van der Waals surface area contributed by atoms with E-state index in [2.05, 4.69) is 4.72 Å². The summed E-state index contributed by atoms with van der Waals surface area (Å²) in [6.45, 7) is -0.157. The quantitative estimate of drug-likeness (QED) is 0.513. The fraction of sp³-hybridized carbons (Fsp3) is 0.409. The molecule has 2 aliphatic rings. The van der Waals surface area contributed by atoms with Gasteiger partial charge in [-0.25, -0.2) is 18.0 Å². The highest BCUT2D eigenvalue weighted by atomic mass is 32.2. The molecule has 2 aromatic rings. The Bertz CT molecular complexity index is 1030. The number of nitrogens with zero attached hydrogens (tertiary/aromatic N) is 2. The molecule has 0 spiro atoms. The first-order valence-corrected chi connectivity index (χ1v) is 11.2. The van der Waals surface area contributed by atoms with Crippen molar-refractivity contribution in [3.8, 4) is 16.9 Å². The van der Waals surface area contributed by atoms with E-state index in [-0.39, 0.29) is 49.2 Å². The van der Waals surface area contributed by atoms with Crippen LogP contribution in [0.4, 0.5) is 26.7 Å². The smallest absolute Gasteiger partial charge is 0.320 e. The van der Waals surface area contributed by atoms with Crippen LogP contribution in [-0.2, 0) is 6.42 Å². The predicted octanol–water partition coefficient (Wildman–Crippen LogP) is 4.47. The van der Waals surface area contributed by atoms with Crippen molar-refractivity contribution in [2.24, 2.45) is 0 Å². The molecule has 5 nitrogen and oxygen atoms in total. The molecule has 11 heteroatoms. The monoisotopic (exact) mass is 487 g/mol. The molecule has 2 aliphatic heterocycles. The second-order valence-electron chi connectivity index (χ2n) is 7.94. The van der Waals surface area contributed by atoms with E-state index in [4.69, 9.17) is 4.74 Å². The van der Waals surface area contributed by atoms with Gasteiger partial charge in [0.05, 0.1) is 25.2 Å². The maximum absolute atomic E-state index is 15.6. The first-order chi connectivity index (χ1) is 15.8. The summed E-state index contributed by atoms with van der Waals surface area (Å²) in [6, 6.07) is 5.84. The van der Waals surface area contributed by atoms with Crippen molar-refractivity contribution in [1.29, 1.82) is 0 Å². The highest BCUT2D eigenvalue weighted by Gasteiger charge is 2.46. The van der Waals surface area contributed by atoms with Crippen LogP contribution in [0.1, 0.15) is 5.56 Å². The number of likely N-dealkylation sites (N-methyl/N-ethyl adjacent to an activating group) is 1. The van der Waals surface area contributed by atoms with Gasteiger partial charge in [-0.15, -0.1) is 0 Å². The third kappa shape index (κ3) is 4.89. The van der Waals surface area contributed by atoms with Crippen molar-refractivity contribution in [3.05, 3.63) is 53.6 Å². The highest BCUT2D eigenvalue weighted by Crippen LogP contribution is 2.36. The summed E-state index contributed by atoms with van der Waals surface area (Å²) in [4.78, 5) is 15.6. The molecule has 1 saturated heterocycles. The number of nitrogens with one attached hydrogen (secondary N) is 1. The minimum atomic E-state index is -2.81. The number of hydrogen-bond donors (Lipinski definition) is 1. The Morgan fingerprint density at radius 3 is 2.70 bits per heavy atom. The number of fused-ring (bicyclic) bond motifs is 5. The van der Waals surface area contributed by atoms with Crippen LogP contribution in [0, 0.1) is 11.6 Å². The SMILES string of the molecule is CN1CCOc2ccccc2-c2cc(F)cc(c2F)CC2C(NSC(F)F)C(F)CN2C1=O. The van der Waals surface area contributed by atoms with Crippen molar-refractivity contribution < 1.29 is 31.5 Å². The molecule has 33 heavy (non-hydrogen) atoms. The molecule has 2 aromatic carbocycles. The minimum absolute atomic E-state index is 0.0320. The second-order valence-corrected chi connectivity index (χ2v) is 8.76. The third-order valence-corrected chi connectivity index (χ3v) is 6.43. The van der Waals surface area contributed by atoms with Gasteiger partial charge in [0, 0.05) is 18.2 Å². The molecule has 0 aliphatic carbocycles. The largest absolute Gasteiger partial charge is 0.491 e. The number of urea groups is 1. The topological polar surface area (TPSA) is 44.8 Å². The van der Waals surface area contributed by atoms with Gasteiger partial charge < -0.3 is 14.5 Å². The van der Waals surface area contributed by atoms with Crippen LogP contribution in [0.3, 0.4) is 0 Å². The zero-order valence-electron chi connectivity index (χ0n) is 17.6. The van der Waals surface area contributed by atoms with Gasteiger partial charge >= 0.3 is 6.03 Å². The molecule has 0 radical (unpaired) electrons. The first kappa shape index (κ1) is 23.6. The summed E-state index contributed by atoms with van der Waals surface area (Å²) >= 11 is 0.0320. The van der Waals surface area contributed by atoms with E-state index in [1.54, 1.807) is 24.3 Å². The normalized spacial score (nSPS) is 23.4. The number of hydrogen-bond acceptors (Lipinski definition) is 4. The van der Waals surface area contributed by atoms with E-state index in [0.29, 0.717) is 11.3 Å². The predicted molar refractivity (Wildman–Crippen MR) is 115 cm³/mol. The molecule has 1 N–H and O–H groups in total. The molecular formula is C22H22F5N3O2S. The molecule has 3 unspecified atom stereocenters. The first-order valence-electron chi connectivity index (χ1n) is 10.3. The summed E-state index contributed by atoms with van der Waals surface area (Å²) in [5.41, 5.74) is 0.207. The van der Waals surface area contributed by atoms with Gasteiger partial charge in [-0.3, -0.25) is 4.72 Å². The van der Waals surface area contributed by atoms with Crippen LogP contribution in [-0.4, -0.2) is 66.6 Å². The molecular weight excluding hydrogens is 465 g/mol. The maximum atomic E-state index is 15.6. The van der Waals surface area contributed by atoms with Crippen LogP contribution in [0.2, 0.25) is 0 Å². The lowest BCUT2D eigenvalue weighted by molar-refractivity contribution is 0.146. The van der Waals surface area contributed by atoms with Crippen molar-refractivity contribution in [1.82, 2.24) is 14.5 Å². The van der Waals surface area contributed by atoms with Crippen LogP contribution < -0.4 is 9.46 Å². The van der Waals surface area contributed by atoms with Gasteiger partial charge in [0.15, 0.2) is 0 Å². The number of carbonyl (C=O) groups excluding carboxylic acids is 1. The van der Waals surface area contributed by atoms with Gasteiger partial charge in [-0.2, -0.15) is 8.78 Å². The molecule has 3 atom stereocenters. The molecule has 0 saturated carbocycles. The van der Waals surface area contributed by atoms with Gasteiger partial charge in [0.25, 0.3) is 5.76 Å². The average molecular weight is 487 g/mol. The molecule has 0 aromatic heterocycles.